The van der Waals surface area contributed by atoms with E-state index in [2.05, 4.69) is 55.4 Å². The fourth-order valence-electron chi connectivity index (χ4n) is 3.26. The van der Waals surface area contributed by atoms with Gasteiger partial charge in [-0.3, -0.25) is 0 Å². The molecular weight excluding hydrogens is 240 g/mol. The Hall–Kier alpha value is 0. The smallest absolute Gasteiger partial charge is 0.0391 e. The van der Waals surface area contributed by atoms with E-state index in [1.54, 1.807) is 0 Å². The van der Waals surface area contributed by atoms with Gasteiger partial charge in [-0.1, -0.05) is 87.5 Å². The first kappa shape index (κ1) is 20.0. The van der Waals surface area contributed by atoms with Crippen LogP contribution in [0.3, 0.4) is 0 Å². The van der Waals surface area contributed by atoms with Gasteiger partial charge in [0.2, 0.25) is 0 Å². The predicted molar refractivity (Wildman–Crippen MR) is 94.0 cm³/mol. The zero-order valence-corrected chi connectivity index (χ0v) is 15.7. The van der Waals surface area contributed by atoms with Gasteiger partial charge < -0.3 is 0 Å². The molecule has 0 heterocycles. The molecule has 4 atom stereocenters. The molecule has 0 radical (unpaired) electrons. The third-order valence-electron chi connectivity index (χ3n) is 5.25. The monoisotopic (exact) mass is 282 g/mol. The maximum Gasteiger partial charge on any atom is -0.0391 e. The molecule has 0 aromatic carbocycles. The molecule has 0 aliphatic heterocycles. The number of hydrogen-bond acceptors (Lipinski definition) is 0. The highest BCUT2D eigenvalue weighted by Gasteiger charge is 2.21. The SMILES string of the molecule is CC(C)CCCC(C)CC(C)C(C)C(C)CCC(C)C. The van der Waals surface area contributed by atoms with Crippen LogP contribution in [0.25, 0.3) is 0 Å². The Balaban J connectivity index is 3.95. The van der Waals surface area contributed by atoms with Gasteiger partial charge in [-0.15, -0.1) is 0 Å². The first-order chi connectivity index (χ1) is 9.23. The summed E-state index contributed by atoms with van der Waals surface area (Å²) in [6.45, 7) is 19.3. The van der Waals surface area contributed by atoms with Crippen LogP contribution in [0.5, 0.6) is 0 Å². The minimum Gasteiger partial charge on any atom is -0.0628 e. The van der Waals surface area contributed by atoms with E-state index in [1.807, 2.05) is 0 Å². The van der Waals surface area contributed by atoms with Gasteiger partial charge in [0.05, 0.1) is 0 Å². The maximum absolute atomic E-state index is 2.48. The van der Waals surface area contributed by atoms with Gasteiger partial charge in [-0.25, -0.2) is 0 Å². The molecule has 0 saturated heterocycles. The summed E-state index contributed by atoms with van der Waals surface area (Å²) in [7, 11) is 0. The van der Waals surface area contributed by atoms with E-state index in [4.69, 9.17) is 0 Å². The summed E-state index contributed by atoms with van der Waals surface area (Å²) in [6, 6.07) is 0. The lowest BCUT2D eigenvalue weighted by Gasteiger charge is -2.29. The zero-order valence-electron chi connectivity index (χ0n) is 15.7. The molecule has 0 amide bonds. The highest BCUT2D eigenvalue weighted by atomic mass is 14.3. The molecule has 0 saturated carbocycles. The van der Waals surface area contributed by atoms with Gasteiger partial charge in [0.25, 0.3) is 0 Å². The summed E-state index contributed by atoms with van der Waals surface area (Å²) in [6.07, 6.45) is 8.47. The van der Waals surface area contributed by atoms with Crippen LogP contribution in [0.4, 0.5) is 0 Å². The van der Waals surface area contributed by atoms with Crippen molar-refractivity contribution >= 4 is 0 Å². The van der Waals surface area contributed by atoms with Crippen LogP contribution in [0.2, 0.25) is 0 Å². The van der Waals surface area contributed by atoms with Crippen LogP contribution in [0.15, 0.2) is 0 Å². The maximum atomic E-state index is 2.48. The van der Waals surface area contributed by atoms with Gasteiger partial charge in [0, 0.05) is 0 Å². The minimum absolute atomic E-state index is 0.856. The summed E-state index contributed by atoms with van der Waals surface area (Å²) in [5.74, 6) is 5.27. The molecule has 0 rings (SSSR count). The van der Waals surface area contributed by atoms with Crippen LogP contribution in [-0.4, -0.2) is 0 Å². The lowest BCUT2D eigenvalue weighted by atomic mass is 9.77. The van der Waals surface area contributed by atoms with E-state index < -0.39 is 0 Å². The Kier molecular flexibility index (Phi) is 10.7. The molecule has 0 spiro atoms. The first-order valence-corrected chi connectivity index (χ1v) is 9.23. The van der Waals surface area contributed by atoms with Crippen molar-refractivity contribution in [2.45, 2.75) is 93.9 Å². The second-order valence-electron chi connectivity index (χ2n) is 8.45. The highest BCUT2D eigenvalue weighted by molar-refractivity contribution is 4.71. The van der Waals surface area contributed by atoms with E-state index in [0.29, 0.717) is 0 Å². The van der Waals surface area contributed by atoms with Gasteiger partial charge in [-0.05, 0) is 41.9 Å². The molecule has 20 heavy (non-hydrogen) atoms. The summed E-state index contributed by atoms with van der Waals surface area (Å²) < 4.78 is 0. The van der Waals surface area contributed by atoms with Crippen molar-refractivity contribution < 1.29 is 0 Å². The van der Waals surface area contributed by atoms with Crippen LogP contribution >= 0.6 is 0 Å². The molecule has 0 bridgehead atoms. The minimum atomic E-state index is 0.856. The quantitative estimate of drug-likeness (QED) is 0.376. The molecule has 4 unspecified atom stereocenters. The third-order valence-corrected chi connectivity index (χ3v) is 5.25. The van der Waals surface area contributed by atoms with Crippen molar-refractivity contribution in [3.8, 4) is 0 Å². The number of hydrogen-bond donors (Lipinski definition) is 0. The molecule has 0 N–H and O–H groups in total. The third kappa shape index (κ3) is 9.83. The van der Waals surface area contributed by atoms with Crippen LogP contribution in [0.1, 0.15) is 93.9 Å². The Morgan fingerprint density at radius 2 is 1.10 bits per heavy atom. The van der Waals surface area contributed by atoms with Crippen molar-refractivity contribution in [2.24, 2.45) is 35.5 Å². The fraction of sp³-hybridized carbons (Fsp3) is 1.00. The zero-order chi connectivity index (χ0) is 15.7. The lowest BCUT2D eigenvalue weighted by Crippen LogP contribution is -2.19. The van der Waals surface area contributed by atoms with Gasteiger partial charge in [0.1, 0.15) is 0 Å². The molecular formula is C20H42. The Morgan fingerprint density at radius 1 is 0.550 bits per heavy atom. The normalized spacial score (nSPS) is 18.3. The van der Waals surface area contributed by atoms with E-state index in [1.165, 1.54) is 38.5 Å². The summed E-state index contributed by atoms with van der Waals surface area (Å²) in [4.78, 5) is 0. The molecule has 0 heteroatoms. The van der Waals surface area contributed by atoms with Crippen molar-refractivity contribution in [2.75, 3.05) is 0 Å². The van der Waals surface area contributed by atoms with Crippen molar-refractivity contribution in [1.82, 2.24) is 0 Å². The largest absolute Gasteiger partial charge is 0.0628 e. The van der Waals surface area contributed by atoms with Gasteiger partial charge in [-0.2, -0.15) is 0 Å². The molecule has 0 nitrogen and oxygen atoms in total. The second-order valence-corrected chi connectivity index (χ2v) is 8.45. The predicted octanol–water partition coefficient (Wildman–Crippen LogP) is 7.18. The molecule has 0 aromatic heterocycles. The molecule has 122 valence electrons. The van der Waals surface area contributed by atoms with E-state index in [-0.39, 0.29) is 0 Å². The summed E-state index contributed by atoms with van der Waals surface area (Å²) >= 11 is 0. The van der Waals surface area contributed by atoms with E-state index >= 15 is 0 Å². The van der Waals surface area contributed by atoms with Crippen molar-refractivity contribution in [3.05, 3.63) is 0 Å². The Labute approximate surface area is 130 Å². The lowest BCUT2D eigenvalue weighted by molar-refractivity contribution is 0.218. The highest BCUT2D eigenvalue weighted by Crippen LogP contribution is 2.31. The average molecular weight is 283 g/mol. The van der Waals surface area contributed by atoms with Gasteiger partial charge in [0.15, 0.2) is 0 Å². The standard InChI is InChI=1S/C20H42/c1-15(2)10-9-11-17(5)14-19(7)20(8)18(6)13-12-16(3)4/h15-20H,9-14H2,1-8H3. The van der Waals surface area contributed by atoms with Crippen LogP contribution in [0, 0.1) is 35.5 Å². The second kappa shape index (κ2) is 10.7. The Morgan fingerprint density at radius 3 is 1.60 bits per heavy atom. The van der Waals surface area contributed by atoms with Crippen LogP contribution < -0.4 is 0 Å². The molecule has 0 aromatic rings. The molecule has 0 aliphatic carbocycles. The van der Waals surface area contributed by atoms with E-state index in [9.17, 15) is 0 Å². The van der Waals surface area contributed by atoms with E-state index in [0.717, 1.165) is 35.5 Å². The fourth-order valence-corrected chi connectivity index (χ4v) is 3.26. The number of rotatable bonds is 11. The van der Waals surface area contributed by atoms with Crippen molar-refractivity contribution in [3.63, 3.8) is 0 Å². The Bertz CT molecular complexity index is 216. The molecule has 0 aliphatic rings. The average Bonchev–Trinajstić information content (AvgIpc) is 2.34. The first-order valence-electron chi connectivity index (χ1n) is 9.23. The molecule has 0 fully saturated rings. The van der Waals surface area contributed by atoms with Crippen LogP contribution in [-0.2, 0) is 0 Å². The topological polar surface area (TPSA) is 0 Å². The van der Waals surface area contributed by atoms with Crippen molar-refractivity contribution in [1.29, 1.82) is 0 Å². The summed E-state index contributed by atoms with van der Waals surface area (Å²) in [5.41, 5.74) is 0. The van der Waals surface area contributed by atoms with Gasteiger partial charge >= 0.3 is 0 Å². The summed E-state index contributed by atoms with van der Waals surface area (Å²) in [5, 5.41) is 0.